The van der Waals surface area contributed by atoms with Crippen molar-refractivity contribution in [3.8, 4) is 17.2 Å². The Bertz CT molecular complexity index is 872. The van der Waals surface area contributed by atoms with Gasteiger partial charge in [-0.05, 0) is 35.9 Å². The zero-order chi connectivity index (χ0) is 17.3. The Labute approximate surface area is 139 Å². The molecule has 24 heavy (non-hydrogen) atoms. The van der Waals surface area contributed by atoms with E-state index in [1.165, 1.54) is 0 Å². The van der Waals surface area contributed by atoms with E-state index in [9.17, 15) is 0 Å². The maximum atomic E-state index is 6.60. The smallest absolute Gasteiger partial charge is 0.203 e. The third kappa shape index (κ3) is 2.63. The van der Waals surface area contributed by atoms with Crippen molar-refractivity contribution < 1.29 is 14.2 Å². The molecule has 2 aromatic rings. The van der Waals surface area contributed by atoms with Gasteiger partial charge in [-0.15, -0.1) is 0 Å². The van der Waals surface area contributed by atoms with Crippen molar-refractivity contribution in [2.45, 2.75) is 5.54 Å². The van der Waals surface area contributed by atoms with Crippen molar-refractivity contribution in [3.05, 3.63) is 40.5 Å². The van der Waals surface area contributed by atoms with Crippen molar-refractivity contribution >= 4 is 11.9 Å². The van der Waals surface area contributed by atoms with Crippen LogP contribution in [0.4, 0.5) is 5.82 Å². The minimum atomic E-state index is -0.847. The van der Waals surface area contributed by atoms with Gasteiger partial charge in [-0.3, -0.25) is 4.99 Å². The molecule has 0 saturated heterocycles. The number of aromatic nitrogens is 1. The Hall–Kier alpha value is -2.80. The highest BCUT2D eigenvalue weighted by Gasteiger charge is 2.29. The molecule has 0 radical (unpaired) electrons. The fourth-order valence-electron chi connectivity index (χ4n) is 2.75. The Kier molecular flexibility index (Phi) is 4.02. The number of benzene rings is 1. The van der Waals surface area contributed by atoms with Crippen LogP contribution in [0.5, 0.6) is 17.2 Å². The molecule has 4 N–H and O–H groups in total. The van der Waals surface area contributed by atoms with E-state index in [4.69, 9.17) is 25.7 Å². The maximum absolute atomic E-state index is 6.60. The van der Waals surface area contributed by atoms with Crippen LogP contribution >= 0.6 is 0 Å². The molecule has 3 rings (SSSR count). The largest absolute Gasteiger partial charge is 0.493 e. The van der Waals surface area contributed by atoms with Crippen LogP contribution in [0.1, 0.15) is 5.56 Å². The number of anilines is 1. The van der Waals surface area contributed by atoms with Gasteiger partial charge in [0.05, 0.1) is 44.1 Å². The van der Waals surface area contributed by atoms with Crippen molar-refractivity contribution in [1.82, 2.24) is 4.98 Å². The van der Waals surface area contributed by atoms with E-state index in [2.05, 4.69) is 9.98 Å². The molecule has 0 fully saturated rings. The fourth-order valence-corrected chi connectivity index (χ4v) is 2.75. The number of pyridine rings is 1. The second-order valence-corrected chi connectivity index (χ2v) is 5.56. The number of nitrogens with zero attached hydrogens (tertiary/aromatic N) is 2. The third-order valence-corrected chi connectivity index (χ3v) is 4.03. The normalized spacial score (nSPS) is 18.8. The number of nitrogen functional groups attached to an aromatic ring is 1. The summed E-state index contributed by atoms with van der Waals surface area (Å²) in [6.07, 6.45) is 1.87. The highest BCUT2D eigenvalue weighted by atomic mass is 16.5. The minimum Gasteiger partial charge on any atom is -0.493 e. The zero-order valence-electron chi connectivity index (χ0n) is 13.9. The summed E-state index contributed by atoms with van der Waals surface area (Å²) in [5.74, 6) is 2.02. The number of rotatable bonds is 4. The van der Waals surface area contributed by atoms with Crippen LogP contribution < -0.4 is 36.4 Å². The Morgan fingerprint density at radius 3 is 2.29 bits per heavy atom. The number of fused-ring (bicyclic) bond motifs is 1. The summed E-state index contributed by atoms with van der Waals surface area (Å²) >= 11 is 0. The molecule has 1 atom stereocenters. The second-order valence-electron chi connectivity index (χ2n) is 5.56. The van der Waals surface area contributed by atoms with Crippen LogP contribution in [0.15, 0.2) is 29.3 Å². The average molecular weight is 328 g/mol. The summed E-state index contributed by atoms with van der Waals surface area (Å²) in [6, 6.07) is 7.21. The predicted molar refractivity (Wildman–Crippen MR) is 90.7 cm³/mol. The first-order valence-electron chi connectivity index (χ1n) is 7.40. The zero-order valence-corrected chi connectivity index (χ0v) is 13.9. The van der Waals surface area contributed by atoms with E-state index < -0.39 is 5.54 Å². The van der Waals surface area contributed by atoms with Crippen LogP contribution in [0.2, 0.25) is 0 Å². The van der Waals surface area contributed by atoms with Gasteiger partial charge in [-0.1, -0.05) is 0 Å². The molecule has 0 amide bonds. The standard InChI is InChI=1S/C17H20N4O3/c1-22-13-6-10(7-14(23-2)16(13)24-3)17(19)8-12-11(20-9-17)4-5-15(18)21-12/h4-8H,9,19H2,1-3H3,(H2,18,21). The molecule has 0 spiro atoms. The number of ether oxygens (including phenoxy) is 3. The Balaban J connectivity index is 2.18. The Morgan fingerprint density at radius 2 is 1.71 bits per heavy atom. The molecule has 0 aliphatic carbocycles. The number of hydrogen-bond donors (Lipinski definition) is 2. The van der Waals surface area contributed by atoms with Crippen molar-refractivity contribution in [1.29, 1.82) is 0 Å². The summed E-state index contributed by atoms with van der Waals surface area (Å²) in [5, 5.41) is 1.44. The highest BCUT2D eigenvalue weighted by Crippen LogP contribution is 2.40. The molecule has 1 unspecified atom stereocenters. The lowest BCUT2D eigenvalue weighted by atomic mass is 9.88. The third-order valence-electron chi connectivity index (χ3n) is 4.03. The number of hydrogen-bond acceptors (Lipinski definition) is 7. The van der Waals surface area contributed by atoms with Gasteiger partial charge < -0.3 is 25.7 Å². The van der Waals surface area contributed by atoms with Gasteiger partial charge in [0.2, 0.25) is 5.75 Å². The van der Waals surface area contributed by atoms with Crippen LogP contribution in [-0.4, -0.2) is 32.9 Å². The van der Waals surface area contributed by atoms with Gasteiger partial charge in [-0.2, -0.15) is 0 Å². The van der Waals surface area contributed by atoms with Crippen LogP contribution in [-0.2, 0) is 5.54 Å². The SMILES string of the molecule is COc1cc(C2(N)C=c3nc(N)ccc3=NC2)cc(OC)c1OC. The molecule has 1 aromatic heterocycles. The van der Waals surface area contributed by atoms with Crippen LogP contribution in [0.3, 0.4) is 0 Å². The van der Waals surface area contributed by atoms with Gasteiger partial charge in [0.1, 0.15) is 5.82 Å². The molecular weight excluding hydrogens is 308 g/mol. The molecule has 126 valence electrons. The van der Waals surface area contributed by atoms with Crippen molar-refractivity contribution in [3.63, 3.8) is 0 Å². The lowest BCUT2D eigenvalue weighted by Crippen LogP contribution is -2.47. The predicted octanol–water partition coefficient (Wildman–Crippen LogP) is -0.0425. The molecule has 0 saturated carbocycles. The number of methoxy groups -OCH3 is 3. The topological polar surface area (TPSA) is 105 Å². The first kappa shape index (κ1) is 16.1. The molecule has 1 aromatic carbocycles. The molecule has 7 nitrogen and oxygen atoms in total. The molecule has 1 aliphatic heterocycles. The quantitative estimate of drug-likeness (QED) is 0.816. The summed E-state index contributed by atoms with van der Waals surface area (Å²) in [5.41, 5.74) is 12.3. The summed E-state index contributed by atoms with van der Waals surface area (Å²) < 4.78 is 16.2. The van der Waals surface area contributed by atoms with E-state index in [0.29, 0.717) is 35.0 Å². The lowest BCUT2D eigenvalue weighted by molar-refractivity contribution is 0.323. The highest BCUT2D eigenvalue weighted by molar-refractivity contribution is 5.59. The van der Waals surface area contributed by atoms with E-state index in [-0.39, 0.29) is 0 Å². The van der Waals surface area contributed by atoms with Gasteiger partial charge in [0.25, 0.3) is 0 Å². The summed E-state index contributed by atoms with van der Waals surface area (Å²) in [6.45, 7) is 0.379. The number of nitrogens with two attached hydrogens (primary N) is 2. The summed E-state index contributed by atoms with van der Waals surface area (Å²) in [4.78, 5) is 8.84. The maximum Gasteiger partial charge on any atom is 0.203 e. The summed E-state index contributed by atoms with van der Waals surface area (Å²) in [7, 11) is 4.69. The molecular formula is C17H20N4O3. The first-order chi connectivity index (χ1) is 11.5. The van der Waals surface area contributed by atoms with E-state index >= 15 is 0 Å². The van der Waals surface area contributed by atoms with Crippen LogP contribution in [0, 0.1) is 0 Å². The minimum absolute atomic E-state index is 0.379. The lowest BCUT2D eigenvalue weighted by Gasteiger charge is -2.28. The van der Waals surface area contributed by atoms with E-state index in [1.807, 2.05) is 24.3 Å². The molecule has 0 bridgehead atoms. The van der Waals surface area contributed by atoms with Gasteiger partial charge >= 0.3 is 0 Å². The van der Waals surface area contributed by atoms with Crippen molar-refractivity contribution in [2.75, 3.05) is 33.6 Å². The monoisotopic (exact) mass is 328 g/mol. The Morgan fingerprint density at radius 1 is 1.04 bits per heavy atom. The first-order valence-corrected chi connectivity index (χ1v) is 7.40. The van der Waals surface area contributed by atoms with E-state index in [0.717, 1.165) is 10.9 Å². The molecule has 2 heterocycles. The van der Waals surface area contributed by atoms with Gasteiger partial charge in [0, 0.05) is 0 Å². The average Bonchev–Trinajstić information content (AvgIpc) is 2.59. The molecule has 1 aliphatic rings. The van der Waals surface area contributed by atoms with Crippen molar-refractivity contribution in [2.24, 2.45) is 10.7 Å². The van der Waals surface area contributed by atoms with Gasteiger partial charge in [0.15, 0.2) is 11.5 Å². The fraction of sp³-hybridized carbons (Fsp3) is 0.294. The van der Waals surface area contributed by atoms with E-state index in [1.54, 1.807) is 27.4 Å². The van der Waals surface area contributed by atoms with Gasteiger partial charge in [-0.25, -0.2) is 4.98 Å². The molecule has 7 heteroatoms. The second kappa shape index (κ2) is 6.01. The van der Waals surface area contributed by atoms with Crippen LogP contribution in [0.25, 0.3) is 6.08 Å².